The molecule has 0 saturated heterocycles. The van der Waals surface area contributed by atoms with E-state index in [9.17, 15) is 18.0 Å². The molecule has 0 aliphatic rings. The minimum absolute atomic E-state index is 0.0107. The molecule has 0 spiro atoms. The highest BCUT2D eigenvalue weighted by Crippen LogP contribution is 2.20. The van der Waals surface area contributed by atoms with Gasteiger partial charge in [-0.2, -0.15) is 13.2 Å². The highest BCUT2D eigenvalue weighted by atomic mass is 79.9. The first-order valence-corrected chi connectivity index (χ1v) is 5.16. The van der Waals surface area contributed by atoms with Crippen LogP contribution in [0.2, 0.25) is 0 Å². The van der Waals surface area contributed by atoms with Crippen LogP contribution >= 0.6 is 15.9 Å². The molecule has 0 N–H and O–H groups in total. The van der Waals surface area contributed by atoms with E-state index in [0.717, 1.165) is 4.90 Å². The Morgan fingerprint density at radius 3 is 2.56 bits per heavy atom. The topological polar surface area (TPSA) is 33.5 Å². The molecule has 0 unspecified atom stereocenters. The van der Waals surface area contributed by atoms with E-state index in [0.29, 0.717) is 4.67 Å². The van der Waals surface area contributed by atoms with Crippen LogP contribution in [0.15, 0.2) is 21.2 Å². The van der Waals surface area contributed by atoms with Crippen molar-refractivity contribution in [2.75, 3.05) is 13.6 Å². The van der Waals surface area contributed by atoms with Crippen LogP contribution in [0.25, 0.3) is 0 Å². The molecule has 0 bridgehead atoms. The fourth-order valence-electron chi connectivity index (χ4n) is 1.01. The molecule has 0 aliphatic carbocycles. The monoisotopic (exact) mass is 299 g/mol. The van der Waals surface area contributed by atoms with E-state index in [-0.39, 0.29) is 12.3 Å². The molecule has 0 saturated carbocycles. The predicted molar refractivity (Wildman–Crippen MR) is 54.0 cm³/mol. The van der Waals surface area contributed by atoms with Crippen LogP contribution in [0, 0.1) is 0 Å². The first-order chi connectivity index (χ1) is 7.29. The maximum Gasteiger partial charge on any atom is 0.390 e. The number of rotatable bonds is 3. The van der Waals surface area contributed by atoms with E-state index in [1.54, 1.807) is 0 Å². The van der Waals surface area contributed by atoms with Crippen molar-refractivity contribution >= 4 is 21.8 Å². The lowest BCUT2D eigenvalue weighted by molar-refractivity contribution is -0.136. The third-order valence-electron chi connectivity index (χ3n) is 1.86. The van der Waals surface area contributed by atoms with Gasteiger partial charge >= 0.3 is 6.18 Å². The fraction of sp³-hybridized carbons (Fsp3) is 0.444. The summed E-state index contributed by atoms with van der Waals surface area (Å²) in [5, 5.41) is 0. The Hall–Kier alpha value is -0.980. The van der Waals surface area contributed by atoms with Crippen LogP contribution in [0.4, 0.5) is 13.2 Å². The summed E-state index contributed by atoms with van der Waals surface area (Å²) in [6.07, 6.45) is -5.30. The highest BCUT2D eigenvalue weighted by molar-refractivity contribution is 9.10. The van der Waals surface area contributed by atoms with Gasteiger partial charge in [0.1, 0.15) is 0 Å². The quantitative estimate of drug-likeness (QED) is 0.859. The van der Waals surface area contributed by atoms with Gasteiger partial charge in [-0.3, -0.25) is 4.79 Å². The molecule has 1 aromatic rings. The number of halogens is 4. The number of hydrogen-bond donors (Lipinski definition) is 0. The Morgan fingerprint density at radius 1 is 1.50 bits per heavy atom. The molecule has 1 amide bonds. The van der Waals surface area contributed by atoms with Gasteiger partial charge in [0.2, 0.25) is 0 Å². The zero-order chi connectivity index (χ0) is 12.3. The van der Waals surface area contributed by atoms with E-state index in [1.807, 2.05) is 0 Å². The number of carbonyl (C=O) groups is 1. The number of hydrogen-bond acceptors (Lipinski definition) is 2. The fourth-order valence-corrected chi connectivity index (χ4v) is 1.32. The van der Waals surface area contributed by atoms with E-state index in [1.165, 1.54) is 19.2 Å². The second-order valence-electron chi connectivity index (χ2n) is 3.20. The lowest BCUT2D eigenvalue weighted by Crippen LogP contribution is -2.30. The largest absolute Gasteiger partial charge is 0.444 e. The zero-order valence-electron chi connectivity index (χ0n) is 8.34. The second kappa shape index (κ2) is 4.90. The molecule has 0 atom stereocenters. The molecular weight excluding hydrogens is 291 g/mol. The first-order valence-electron chi connectivity index (χ1n) is 4.37. The van der Waals surface area contributed by atoms with Crippen LogP contribution < -0.4 is 0 Å². The molecule has 90 valence electrons. The van der Waals surface area contributed by atoms with Gasteiger partial charge < -0.3 is 9.32 Å². The normalized spacial score (nSPS) is 11.6. The van der Waals surface area contributed by atoms with Gasteiger partial charge in [0, 0.05) is 13.6 Å². The molecule has 0 fully saturated rings. The number of nitrogens with zero attached hydrogens (tertiary/aromatic N) is 1. The van der Waals surface area contributed by atoms with E-state index in [4.69, 9.17) is 4.42 Å². The van der Waals surface area contributed by atoms with Gasteiger partial charge in [-0.05, 0) is 28.1 Å². The Bertz CT molecular complexity index is 375. The van der Waals surface area contributed by atoms with Crippen molar-refractivity contribution in [3.05, 3.63) is 22.6 Å². The second-order valence-corrected chi connectivity index (χ2v) is 3.98. The minimum atomic E-state index is -4.27. The number of furan rings is 1. The van der Waals surface area contributed by atoms with Crippen molar-refractivity contribution in [2.45, 2.75) is 12.6 Å². The van der Waals surface area contributed by atoms with Gasteiger partial charge in [0.25, 0.3) is 5.91 Å². The summed E-state index contributed by atoms with van der Waals surface area (Å²) in [6, 6.07) is 2.90. The molecule has 7 heteroatoms. The Kier molecular flexibility index (Phi) is 4.01. The average molecular weight is 300 g/mol. The predicted octanol–water partition coefficient (Wildman–Crippen LogP) is 3.07. The lowest BCUT2D eigenvalue weighted by Gasteiger charge is -2.16. The third kappa shape index (κ3) is 3.88. The smallest absolute Gasteiger partial charge is 0.390 e. The van der Waals surface area contributed by atoms with Gasteiger partial charge in [0.05, 0.1) is 6.42 Å². The van der Waals surface area contributed by atoms with Crippen LogP contribution in [0.1, 0.15) is 17.0 Å². The average Bonchev–Trinajstić information content (AvgIpc) is 2.59. The van der Waals surface area contributed by atoms with E-state index >= 15 is 0 Å². The summed E-state index contributed by atoms with van der Waals surface area (Å²) >= 11 is 3.00. The van der Waals surface area contributed by atoms with Gasteiger partial charge in [-0.15, -0.1) is 0 Å². The van der Waals surface area contributed by atoms with Crippen molar-refractivity contribution in [2.24, 2.45) is 0 Å². The first kappa shape index (κ1) is 13.1. The summed E-state index contributed by atoms with van der Waals surface area (Å²) in [4.78, 5) is 12.5. The maximum atomic E-state index is 11.9. The Morgan fingerprint density at radius 2 is 2.12 bits per heavy atom. The van der Waals surface area contributed by atoms with Gasteiger partial charge in [-0.25, -0.2) is 0 Å². The molecule has 0 aliphatic heterocycles. The van der Waals surface area contributed by atoms with Crippen LogP contribution in [-0.4, -0.2) is 30.6 Å². The summed E-state index contributed by atoms with van der Waals surface area (Å²) in [5.41, 5.74) is 0. The molecule has 0 aromatic carbocycles. The molecule has 3 nitrogen and oxygen atoms in total. The third-order valence-corrected chi connectivity index (χ3v) is 2.29. The molecule has 16 heavy (non-hydrogen) atoms. The minimum Gasteiger partial charge on any atom is -0.444 e. The van der Waals surface area contributed by atoms with Crippen molar-refractivity contribution < 1.29 is 22.4 Å². The summed E-state index contributed by atoms with van der Waals surface area (Å²) < 4.78 is 41.1. The molecule has 1 heterocycles. The summed E-state index contributed by atoms with van der Waals surface area (Å²) in [6.45, 7) is -0.388. The molecule has 1 rings (SSSR count). The SMILES string of the molecule is CN(CCC(F)(F)F)C(=O)c1ccc(Br)o1. The number of carbonyl (C=O) groups excluding carboxylic acids is 1. The van der Waals surface area contributed by atoms with Crippen molar-refractivity contribution in [3.8, 4) is 0 Å². The Labute approximate surface area is 98.3 Å². The van der Waals surface area contributed by atoms with Crippen molar-refractivity contribution in [3.63, 3.8) is 0 Å². The summed E-state index contributed by atoms with van der Waals surface area (Å²) in [7, 11) is 1.30. The lowest BCUT2D eigenvalue weighted by atomic mass is 10.3. The molecule has 0 radical (unpaired) electrons. The maximum absolute atomic E-state index is 11.9. The Balaban J connectivity index is 2.55. The van der Waals surface area contributed by atoms with E-state index in [2.05, 4.69) is 15.9 Å². The molecular formula is C9H9BrF3NO2. The summed E-state index contributed by atoms with van der Waals surface area (Å²) in [5.74, 6) is -0.563. The van der Waals surface area contributed by atoms with Crippen LogP contribution in [-0.2, 0) is 0 Å². The molecule has 1 aromatic heterocycles. The van der Waals surface area contributed by atoms with Crippen molar-refractivity contribution in [1.29, 1.82) is 0 Å². The van der Waals surface area contributed by atoms with E-state index < -0.39 is 18.5 Å². The standard InChI is InChI=1S/C9H9BrF3NO2/c1-14(5-4-9(11,12)13)8(15)6-2-3-7(10)16-6/h2-3H,4-5H2,1H3. The zero-order valence-corrected chi connectivity index (χ0v) is 9.93. The van der Waals surface area contributed by atoms with Crippen LogP contribution in [0.5, 0.6) is 0 Å². The van der Waals surface area contributed by atoms with Crippen LogP contribution in [0.3, 0.4) is 0 Å². The number of amides is 1. The van der Waals surface area contributed by atoms with Gasteiger partial charge in [0.15, 0.2) is 10.4 Å². The number of alkyl halides is 3. The van der Waals surface area contributed by atoms with Crippen molar-refractivity contribution in [1.82, 2.24) is 4.90 Å². The highest BCUT2D eigenvalue weighted by Gasteiger charge is 2.28. The van der Waals surface area contributed by atoms with Gasteiger partial charge in [-0.1, -0.05) is 0 Å².